The first kappa shape index (κ1) is 19.8. The third-order valence-electron chi connectivity index (χ3n) is 5.50. The highest BCUT2D eigenvalue weighted by molar-refractivity contribution is 6.11. The van der Waals surface area contributed by atoms with Crippen LogP contribution in [0.4, 0.5) is 0 Å². The summed E-state index contributed by atoms with van der Waals surface area (Å²) >= 11 is 0. The summed E-state index contributed by atoms with van der Waals surface area (Å²) in [4.78, 5) is 26.5. The Morgan fingerprint density at radius 1 is 0.867 bits per heavy atom. The summed E-state index contributed by atoms with van der Waals surface area (Å²) in [6.07, 6.45) is 1.73. The highest BCUT2D eigenvalue weighted by Crippen LogP contribution is 2.40. The average molecular weight is 397 g/mol. The molecule has 150 valence electrons. The van der Waals surface area contributed by atoms with Crippen LogP contribution in [0.1, 0.15) is 33.1 Å². The van der Waals surface area contributed by atoms with E-state index in [0.717, 1.165) is 16.7 Å². The maximum atomic E-state index is 13.5. The van der Waals surface area contributed by atoms with Crippen LogP contribution in [-0.4, -0.2) is 18.9 Å². The Morgan fingerprint density at radius 2 is 1.47 bits per heavy atom. The minimum Gasteiger partial charge on any atom is -0.467 e. The molecular weight excluding hydrogens is 374 g/mol. The van der Waals surface area contributed by atoms with Gasteiger partial charge in [-0.3, -0.25) is 10.1 Å². The van der Waals surface area contributed by atoms with Crippen LogP contribution in [0.15, 0.2) is 96.6 Å². The fourth-order valence-electron chi connectivity index (χ4n) is 3.90. The van der Waals surface area contributed by atoms with Crippen LogP contribution in [0.5, 0.6) is 0 Å². The number of ketones is 1. The van der Waals surface area contributed by atoms with Crippen LogP contribution in [0.3, 0.4) is 0 Å². The monoisotopic (exact) mass is 397 g/mol. The second-order valence-corrected chi connectivity index (χ2v) is 7.45. The Morgan fingerprint density at radius 3 is 2.07 bits per heavy atom. The van der Waals surface area contributed by atoms with E-state index in [0.29, 0.717) is 11.1 Å². The third-order valence-corrected chi connectivity index (χ3v) is 5.50. The number of rotatable bonds is 5. The van der Waals surface area contributed by atoms with Crippen molar-refractivity contribution < 1.29 is 14.3 Å². The van der Waals surface area contributed by atoms with E-state index in [1.165, 1.54) is 7.11 Å². The van der Waals surface area contributed by atoms with Crippen LogP contribution in [-0.2, 0) is 15.1 Å². The molecule has 0 radical (unpaired) electrons. The molecular formula is C26H23NO3. The minimum absolute atomic E-state index is 0.115. The first-order chi connectivity index (χ1) is 14.5. The molecule has 0 spiro atoms. The molecule has 0 saturated heterocycles. The minimum atomic E-state index is -1.24. The van der Waals surface area contributed by atoms with Gasteiger partial charge in [0.25, 0.3) is 0 Å². The summed E-state index contributed by atoms with van der Waals surface area (Å²) in [5.74, 6) is -0.572. The first-order valence-corrected chi connectivity index (χ1v) is 9.86. The molecule has 30 heavy (non-hydrogen) atoms. The van der Waals surface area contributed by atoms with Gasteiger partial charge in [0.1, 0.15) is 0 Å². The van der Waals surface area contributed by atoms with Gasteiger partial charge in [-0.2, -0.15) is 0 Å². The fraction of sp³-hybridized carbons (Fsp3) is 0.154. The largest absolute Gasteiger partial charge is 0.467 e. The number of Topliss-reactive ketones (excluding diaryl/α,β-unsaturated/α-hetero) is 1. The molecule has 4 rings (SSSR count). The molecule has 0 unspecified atom stereocenters. The molecule has 4 heteroatoms. The van der Waals surface area contributed by atoms with Crippen LogP contribution in [0, 0.1) is 6.92 Å². The van der Waals surface area contributed by atoms with E-state index in [1.54, 1.807) is 18.2 Å². The standard InChI is InChI=1S/C26H23NO3/c1-18-13-15-19(16-14-18)23-22(24(28)20-9-5-3-6-10-20)17-26(27-23,25(29)30-2)21-11-7-4-8-12-21/h3-17,23,27H,1-2H3/t23-,26+/m0/s1. The molecule has 0 aliphatic carbocycles. The molecule has 1 aliphatic rings. The zero-order valence-corrected chi connectivity index (χ0v) is 17.0. The molecule has 0 saturated carbocycles. The predicted octanol–water partition coefficient (Wildman–Crippen LogP) is 4.52. The Labute approximate surface area is 176 Å². The highest BCUT2D eigenvalue weighted by atomic mass is 16.5. The highest BCUT2D eigenvalue weighted by Gasteiger charge is 2.48. The van der Waals surface area contributed by atoms with Gasteiger partial charge in [-0.15, -0.1) is 0 Å². The molecule has 0 aromatic heterocycles. The Balaban J connectivity index is 1.89. The zero-order chi connectivity index (χ0) is 21.1. The van der Waals surface area contributed by atoms with Gasteiger partial charge in [-0.1, -0.05) is 90.5 Å². The third kappa shape index (κ3) is 3.46. The van der Waals surface area contributed by atoms with Crippen molar-refractivity contribution in [1.29, 1.82) is 0 Å². The van der Waals surface area contributed by atoms with Crippen molar-refractivity contribution in [3.63, 3.8) is 0 Å². The van der Waals surface area contributed by atoms with Crippen molar-refractivity contribution in [2.45, 2.75) is 18.5 Å². The van der Waals surface area contributed by atoms with Crippen molar-refractivity contribution in [2.24, 2.45) is 0 Å². The van der Waals surface area contributed by atoms with Gasteiger partial charge in [-0.05, 0) is 24.1 Å². The van der Waals surface area contributed by atoms with E-state index < -0.39 is 17.6 Å². The van der Waals surface area contributed by atoms with E-state index in [9.17, 15) is 9.59 Å². The molecule has 0 bridgehead atoms. The van der Waals surface area contributed by atoms with Crippen molar-refractivity contribution in [3.8, 4) is 0 Å². The van der Waals surface area contributed by atoms with Crippen LogP contribution in [0.2, 0.25) is 0 Å². The number of carbonyl (C=O) groups excluding carboxylic acids is 2. The van der Waals surface area contributed by atoms with Crippen LogP contribution >= 0.6 is 0 Å². The molecule has 1 aliphatic heterocycles. The lowest BCUT2D eigenvalue weighted by atomic mass is 9.89. The molecule has 3 aromatic rings. The van der Waals surface area contributed by atoms with Crippen molar-refractivity contribution in [3.05, 3.63) is 119 Å². The fourth-order valence-corrected chi connectivity index (χ4v) is 3.90. The quantitative estimate of drug-likeness (QED) is 0.508. The van der Waals surface area contributed by atoms with Gasteiger partial charge in [0.05, 0.1) is 13.2 Å². The lowest BCUT2D eigenvalue weighted by Gasteiger charge is -2.28. The van der Waals surface area contributed by atoms with Gasteiger partial charge in [0, 0.05) is 11.1 Å². The first-order valence-electron chi connectivity index (χ1n) is 9.86. The van der Waals surface area contributed by atoms with E-state index >= 15 is 0 Å². The van der Waals surface area contributed by atoms with Crippen LogP contribution in [0.25, 0.3) is 0 Å². The normalized spacial score (nSPS) is 20.5. The number of methoxy groups -OCH3 is 1. The maximum absolute atomic E-state index is 13.5. The van der Waals surface area contributed by atoms with E-state index in [1.807, 2.05) is 79.7 Å². The summed E-state index contributed by atoms with van der Waals surface area (Å²) in [5.41, 5.74) is 2.63. The maximum Gasteiger partial charge on any atom is 0.334 e. The lowest BCUT2D eigenvalue weighted by molar-refractivity contribution is -0.146. The summed E-state index contributed by atoms with van der Waals surface area (Å²) in [7, 11) is 1.36. The number of carbonyl (C=O) groups is 2. The molecule has 2 atom stereocenters. The second-order valence-electron chi connectivity index (χ2n) is 7.45. The summed E-state index contributed by atoms with van der Waals surface area (Å²) in [6.45, 7) is 2.01. The number of ether oxygens (including phenoxy) is 1. The van der Waals surface area contributed by atoms with Gasteiger partial charge in [0.2, 0.25) is 0 Å². The van der Waals surface area contributed by atoms with Gasteiger partial charge in [0.15, 0.2) is 11.3 Å². The predicted molar refractivity (Wildman–Crippen MR) is 116 cm³/mol. The SMILES string of the molecule is COC(=O)[C@]1(c2ccccc2)C=C(C(=O)c2ccccc2)[C@H](c2ccc(C)cc2)N1. The van der Waals surface area contributed by atoms with E-state index in [2.05, 4.69) is 5.32 Å². The Bertz CT molecular complexity index is 1090. The number of esters is 1. The number of aryl methyl sites for hydroxylation is 1. The van der Waals surface area contributed by atoms with Gasteiger partial charge >= 0.3 is 5.97 Å². The number of nitrogens with one attached hydrogen (secondary N) is 1. The topological polar surface area (TPSA) is 55.4 Å². The molecule has 3 aromatic carbocycles. The summed E-state index contributed by atoms with van der Waals surface area (Å²) in [5, 5.41) is 3.42. The molecule has 0 fully saturated rings. The molecule has 4 nitrogen and oxygen atoms in total. The molecule has 1 N–H and O–H groups in total. The smallest absolute Gasteiger partial charge is 0.334 e. The Hall–Kier alpha value is -3.50. The number of benzene rings is 3. The van der Waals surface area contributed by atoms with Gasteiger partial charge in [-0.25, -0.2) is 4.79 Å². The second kappa shape index (κ2) is 8.09. The molecule has 1 heterocycles. The summed E-state index contributed by atoms with van der Waals surface area (Å²) < 4.78 is 5.17. The average Bonchev–Trinajstić information content (AvgIpc) is 3.22. The van der Waals surface area contributed by atoms with E-state index in [-0.39, 0.29) is 5.78 Å². The van der Waals surface area contributed by atoms with Gasteiger partial charge < -0.3 is 4.74 Å². The van der Waals surface area contributed by atoms with Crippen molar-refractivity contribution in [1.82, 2.24) is 5.32 Å². The number of hydrogen-bond acceptors (Lipinski definition) is 4. The molecule has 0 amide bonds. The van der Waals surface area contributed by atoms with Crippen molar-refractivity contribution >= 4 is 11.8 Å². The van der Waals surface area contributed by atoms with E-state index in [4.69, 9.17) is 4.74 Å². The number of hydrogen-bond donors (Lipinski definition) is 1. The zero-order valence-electron chi connectivity index (χ0n) is 17.0. The summed E-state index contributed by atoms with van der Waals surface area (Å²) in [6, 6.07) is 26.0. The Kier molecular flexibility index (Phi) is 5.34. The van der Waals surface area contributed by atoms with Crippen molar-refractivity contribution in [2.75, 3.05) is 7.11 Å². The lowest BCUT2D eigenvalue weighted by Crippen LogP contribution is -2.46. The van der Waals surface area contributed by atoms with Crippen LogP contribution < -0.4 is 5.32 Å².